The van der Waals surface area contributed by atoms with Gasteiger partial charge in [-0.2, -0.15) is 0 Å². The van der Waals surface area contributed by atoms with E-state index in [4.69, 9.17) is 18.0 Å². The molecule has 2 atom stereocenters. The summed E-state index contributed by atoms with van der Waals surface area (Å²) in [5.41, 5.74) is 6.45. The molecule has 2 rings (SSSR count). The smallest absolute Gasteiger partial charge is 0.265 e. The van der Waals surface area contributed by atoms with E-state index in [0.717, 1.165) is 36.5 Å². The number of hydrogen-bond donors (Lipinski definition) is 2. The monoisotopic (exact) mass is 284 g/mol. The SMILES string of the molecule is CCc1nnsc1C(=O)NC1CCCC1C(N)=S. The highest BCUT2D eigenvalue weighted by molar-refractivity contribution is 7.80. The van der Waals surface area contributed by atoms with Gasteiger partial charge in [0.05, 0.1) is 10.7 Å². The standard InChI is InChI=1S/C11H16N4OS2/c1-2-7-9(18-15-14-7)11(16)13-8-5-3-4-6(8)10(12)17/h6,8H,2-5H2,1H3,(H2,12,17)(H,13,16). The molecule has 1 aromatic rings. The number of aromatic nitrogens is 2. The molecule has 0 aromatic carbocycles. The van der Waals surface area contributed by atoms with Gasteiger partial charge in [-0.15, -0.1) is 5.10 Å². The minimum atomic E-state index is -0.102. The van der Waals surface area contributed by atoms with Crippen LogP contribution in [0.2, 0.25) is 0 Å². The summed E-state index contributed by atoms with van der Waals surface area (Å²) >= 11 is 6.18. The molecule has 1 amide bonds. The summed E-state index contributed by atoms with van der Waals surface area (Å²) in [6.07, 6.45) is 3.65. The van der Waals surface area contributed by atoms with Crippen LogP contribution in [0.5, 0.6) is 0 Å². The van der Waals surface area contributed by atoms with E-state index >= 15 is 0 Å². The Labute approximate surface area is 115 Å². The zero-order valence-electron chi connectivity index (χ0n) is 10.2. The molecule has 1 heterocycles. The Morgan fingerprint density at radius 1 is 1.61 bits per heavy atom. The van der Waals surface area contributed by atoms with E-state index in [1.165, 1.54) is 0 Å². The average Bonchev–Trinajstić information content (AvgIpc) is 2.96. The lowest BCUT2D eigenvalue weighted by atomic mass is 10.0. The Bertz CT molecular complexity index is 460. The molecule has 0 saturated heterocycles. The quantitative estimate of drug-likeness (QED) is 0.814. The maximum absolute atomic E-state index is 12.1. The van der Waals surface area contributed by atoms with Gasteiger partial charge in [-0.1, -0.05) is 30.1 Å². The molecule has 7 heteroatoms. The van der Waals surface area contributed by atoms with Crippen molar-refractivity contribution in [1.82, 2.24) is 14.9 Å². The Balaban J connectivity index is 2.05. The fourth-order valence-electron chi connectivity index (χ4n) is 2.32. The summed E-state index contributed by atoms with van der Waals surface area (Å²) in [4.78, 5) is 13.2. The van der Waals surface area contributed by atoms with Crippen molar-refractivity contribution >= 4 is 34.6 Å². The minimum Gasteiger partial charge on any atom is -0.393 e. The topological polar surface area (TPSA) is 80.9 Å². The molecule has 5 nitrogen and oxygen atoms in total. The van der Waals surface area contributed by atoms with Gasteiger partial charge in [0.1, 0.15) is 4.88 Å². The Hall–Kier alpha value is -1.08. The predicted octanol–water partition coefficient (Wildman–Crippen LogP) is 1.29. The van der Waals surface area contributed by atoms with Crippen LogP contribution >= 0.6 is 23.8 Å². The molecule has 2 unspecified atom stereocenters. The third-order valence-electron chi connectivity index (χ3n) is 3.29. The molecule has 0 aliphatic heterocycles. The van der Waals surface area contributed by atoms with Crippen LogP contribution < -0.4 is 11.1 Å². The van der Waals surface area contributed by atoms with Gasteiger partial charge in [0.15, 0.2) is 0 Å². The second-order valence-electron chi connectivity index (χ2n) is 4.42. The van der Waals surface area contributed by atoms with Crippen molar-refractivity contribution in [3.8, 4) is 0 Å². The third kappa shape index (κ3) is 2.67. The fraction of sp³-hybridized carbons (Fsp3) is 0.636. The molecule has 1 fully saturated rings. The second kappa shape index (κ2) is 5.71. The number of aryl methyl sites for hydroxylation is 1. The van der Waals surface area contributed by atoms with Crippen molar-refractivity contribution < 1.29 is 4.79 Å². The van der Waals surface area contributed by atoms with E-state index in [0.29, 0.717) is 16.3 Å². The fourth-order valence-corrected chi connectivity index (χ4v) is 3.26. The van der Waals surface area contributed by atoms with Crippen LogP contribution in [-0.2, 0) is 6.42 Å². The molecule has 0 spiro atoms. The summed E-state index contributed by atoms with van der Waals surface area (Å²) in [7, 11) is 0. The van der Waals surface area contributed by atoms with E-state index < -0.39 is 0 Å². The van der Waals surface area contributed by atoms with Crippen LogP contribution in [0.1, 0.15) is 41.6 Å². The highest BCUT2D eigenvalue weighted by atomic mass is 32.1. The average molecular weight is 284 g/mol. The van der Waals surface area contributed by atoms with E-state index in [-0.39, 0.29) is 17.9 Å². The number of carbonyl (C=O) groups is 1. The number of nitrogens with one attached hydrogen (secondary N) is 1. The number of thiocarbonyl (C=S) groups is 1. The molecular weight excluding hydrogens is 268 g/mol. The highest BCUT2D eigenvalue weighted by Crippen LogP contribution is 2.26. The second-order valence-corrected chi connectivity index (χ2v) is 5.65. The molecule has 1 saturated carbocycles. The number of carbonyl (C=O) groups excluding carboxylic acids is 1. The Morgan fingerprint density at radius 3 is 3.06 bits per heavy atom. The first-order valence-electron chi connectivity index (χ1n) is 6.05. The third-order valence-corrected chi connectivity index (χ3v) is 4.36. The largest absolute Gasteiger partial charge is 0.393 e. The van der Waals surface area contributed by atoms with Gasteiger partial charge in [-0.3, -0.25) is 4.79 Å². The number of rotatable bonds is 4. The number of amides is 1. The van der Waals surface area contributed by atoms with Gasteiger partial charge >= 0.3 is 0 Å². The molecule has 1 aromatic heterocycles. The van der Waals surface area contributed by atoms with Crippen LogP contribution in [-0.4, -0.2) is 26.5 Å². The van der Waals surface area contributed by atoms with E-state index in [1.807, 2.05) is 6.92 Å². The number of nitrogens with zero attached hydrogens (tertiary/aromatic N) is 2. The zero-order valence-corrected chi connectivity index (χ0v) is 11.8. The minimum absolute atomic E-state index is 0.0572. The molecule has 1 aliphatic rings. The van der Waals surface area contributed by atoms with Crippen molar-refractivity contribution in [2.24, 2.45) is 11.7 Å². The first-order chi connectivity index (χ1) is 8.63. The molecule has 0 radical (unpaired) electrons. The van der Waals surface area contributed by atoms with Gasteiger partial charge in [0.25, 0.3) is 5.91 Å². The van der Waals surface area contributed by atoms with E-state index in [1.54, 1.807) is 0 Å². The highest BCUT2D eigenvalue weighted by Gasteiger charge is 2.31. The lowest BCUT2D eigenvalue weighted by Crippen LogP contribution is -2.41. The summed E-state index contributed by atoms with van der Waals surface area (Å²) in [5.74, 6) is 0.0184. The maximum atomic E-state index is 12.1. The molecule has 98 valence electrons. The van der Waals surface area contributed by atoms with Gasteiger partial charge in [0.2, 0.25) is 0 Å². The van der Waals surface area contributed by atoms with Crippen LogP contribution in [0.4, 0.5) is 0 Å². The van der Waals surface area contributed by atoms with Crippen LogP contribution in [0.15, 0.2) is 0 Å². The van der Waals surface area contributed by atoms with E-state index in [2.05, 4.69) is 14.9 Å². The van der Waals surface area contributed by atoms with Crippen LogP contribution in [0.3, 0.4) is 0 Å². The van der Waals surface area contributed by atoms with Crippen molar-refractivity contribution in [2.75, 3.05) is 0 Å². The Kier molecular flexibility index (Phi) is 4.23. The summed E-state index contributed by atoms with van der Waals surface area (Å²) in [6, 6.07) is 0.0572. The van der Waals surface area contributed by atoms with Crippen LogP contribution in [0, 0.1) is 5.92 Å². The molecule has 0 bridgehead atoms. The molecule has 18 heavy (non-hydrogen) atoms. The molecule has 1 aliphatic carbocycles. The zero-order chi connectivity index (χ0) is 13.1. The predicted molar refractivity (Wildman–Crippen MR) is 74.7 cm³/mol. The van der Waals surface area contributed by atoms with Crippen molar-refractivity contribution in [3.63, 3.8) is 0 Å². The molecular formula is C11H16N4OS2. The maximum Gasteiger partial charge on any atom is 0.265 e. The lowest BCUT2D eigenvalue weighted by molar-refractivity contribution is 0.0937. The Morgan fingerprint density at radius 2 is 2.39 bits per heavy atom. The van der Waals surface area contributed by atoms with Gasteiger partial charge in [0, 0.05) is 12.0 Å². The number of nitrogens with two attached hydrogens (primary N) is 1. The summed E-state index contributed by atoms with van der Waals surface area (Å²) in [5, 5.41) is 6.95. The van der Waals surface area contributed by atoms with Gasteiger partial charge < -0.3 is 11.1 Å². The summed E-state index contributed by atoms with van der Waals surface area (Å²) < 4.78 is 3.82. The summed E-state index contributed by atoms with van der Waals surface area (Å²) in [6.45, 7) is 1.96. The van der Waals surface area contributed by atoms with Gasteiger partial charge in [-0.05, 0) is 30.8 Å². The first kappa shape index (κ1) is 13.4. The van der Waals surface area contributed by atoms with Gasteiger partial charge in [-0.25, -0.2) is 0 Å². The van der Waals surface area contributed by atoms with Crippen molar-refractivity contribution in [3.05, 3.63) is 10.6 Å². The van der Waals surface area contributed by atoms with Crippen LogP contribution in [0.25, 0.3) is 0 Å². The first-order valence-corrected chi connectivity index (χ1v) is 7.23. The van der Waals surface area contributed by atoms with E-state index in [9.17, 15) is 4.79 Å². The number of hydrogen-bond acceptors (Lipinski definition) is 5. The molecule has 3 N–H and O–H groups in total. The normalized spacial score (nSPS) is 22.9. The lowest BCUT2D eigenvalue weighted by Gasteiger charge is -2.19. The van der Waals surface area contributed by atoms with Crippen molar-refractivity contribution in [1.29, 1.82) is 0 Å². The van der Waals surface area contributed by atoms with Crippen molar-refractivity contribution in [2.45, 2.75) is 38.6 Å².